The lowest BCUT2D eigenvalue weighted by molar-refractivity contribution is 0.877. The van der Waals surface area contributed by atoms with Gasteiger partial charge in [-0.2, -0.15) is 0 Å². The zero-order valence-corrected chi connectivity index (χ0v) is 12.9. The third kappa shape index (κ3) is 7.04. The Balaban J connectivity index is 0. The fourth-order valence-corrected chi connectivity index (χ4v) is 1.45. The molecule has 2 rings (SSSR count). The maximum Gasteiger partial charge on any atom is 0.0433 e. The van der Waals surface area contributed by atoms with Crippen molar-refractivity contribution < 1.29 is 0 Å². The third-order valence-corrected chi connectivity index (χ3v) is 2.02. The van der Waals surface area contributed by atoms with Gasteiger partial charge in [-0.05, 0) is 24.1 Å². The summed E-state index contributed by atoms with van der Waals surface area (Å²) < 4.78 is 2.17. The van der Waals surface area contributed by atoms with Crippen LogP contribution in [0.5, 0.6) is 0 Å². The first kappa shape index (κ1) is 18.4. The van der Waals surface area contributed by atoms with E-state index >= 15 is 0 Å². The quantitative estimate of drug-likeness (QED) is 0.646. The average Bonchev–Trinajstić information content (AvgIpc) is 2.78. The Morgan fingerprint density at radius 1 is 1.00 bits per heavy atom. The standard InChI is InChI=1S/C9H11N.C3H8.2C2H6/c1-10-7-6-8-4-2-3-5-9(8)10;1-3-2;2*1-2/h4-7H,2-3H2,1H3;3H2,1-2H3;2*1-2H3. The van der Waals surface area contributed by atoms with Crippen LogP contribution in [0, 0.1) is 0 Å². The minimum Gasteiger partial charge on any atom is -0.351 e. The first-order valence-corrected chi connectivity index (χ1v) is 7.11. The van der Waals surface area contributed by atoms with E-state index in [0.717, 1.165) is 0 Å². The van der Waals surface area contributed by atoms with Gasteiger partial charge in [-0.1, -0.05) is 60.1 Å². The number of fused-ring (bicyclic) bond motifs is 1. The molecule has 1 aliphatic rings. The fraction of sp³-hybridized carbons (Fsp3) is 0.625. The predicted octanol–water partition coefficient (Wildman–Crippen LogP) is 3.85. The summed E-state index contributed by atoms with van der Waals surface area (Å²) >= 11 is 0. The van der Waals surface area contributed by atoms with Gasteiger partial charge < -0.3 is 4.57 Å². The largest absolute Gasteiger partial charge is 0.351 e. The lowest BCUT2D eigenvalue weighted by Crippen LogP contribution is -2.28. The van der Waals surface area contributed by atoms with Gasteiger partial charge in [-0.25, -0.2) is 0 Å². The molecule has 1 aliphatic carbocycles. The molecule has 100 valence electrons. The maximum atomic E-state index is 2.30. The SMILES string of the molecule is CC.CC.CCC.Cn1ccc2c1=CCCC=2. The minimum atomic E-state index is 1.20. The van der Waals surface area contributed by atoms with Gasteiger partial charge in [0.15, 0.2) is 0 Å². The molecule has 0 amide bonds. The molecule has 0 atom stereocenters. The fourth-order valence-electron chi connectivity index (χ4n) is 1.45. The van der Waals surface area contributed by atoms with E-state index < -0.39 is 0 Å². The maximum absolute atomic E-state index is 2.30. The highest BCUT2D eigenvalue weighted by Crippen LogP contribution is 1.93. The topological polar surface area (TPSA) is 4.93 Å². The molecule has 0 N–H and O–H groups in total. The molecule has 1 aromatic rings. The monoisotopic (exact) mass is 237 g/mol. The Bertz CT molecular complexity index is 357. The average molecular weight is 237 g/mol. The predicted molar refractivity (Wildman–Crippen MR) is 81.5 cm³/mol. The van der Waals surface area contributed by atoms with Crippen molar-refractivity contribution in [3.8, 4) is 0 Å². The number of aromatic nitrogens is 1. The highest BCUT2D eigenvalue weighted by atomic mass is 14.9. The zero-order valence-electron chi connectivity index (χ0n) is 12.9. The van der Waals surface area contributed by atoms with Crippen molar-refractivity contribution in [2.24, 2.45) is 7.05 Å². The molecule has 0 bridgehead atoms. The molecular weight excluding hydrogens is 206 g/mol. The lowest BCUT2D eigenvalue weighted by atomic mass is 10.2. The summed E-state index contributed by atoms with van der Waals surface area (Å²) in [6, 6.07) is 2.17. The number of aryl methyl sites for hydroxylation is 1. The van der Waals surface area contributed by atoms with Gasteiger partial charge in [-0.3, -0.25) is 0 Å². The Morgan fingerprint density at radius 2 is 1.47 bits per heavy atom. The van der Waals surface area contributed by atoms with Crippen LogP contribution < -0.4 is 10.6 Å². The van der Waals surface area contributed by atoms with Crippen molar-refractivity contribution in [1.29, 1.82) is 0 Å². The zero-order chi connectivity index (χ0) is 13.7. The number of hydrogen-bond acceptors (Lipinski definition) is 0. The Labute approximate surface area is 108 Å². The molecule has 0 saturated heterocycles. The van der Waals surface area contributed by atoms with Crippen molar-refractivity contribution in [3.63, 3.8) is 0 Å². The van der Waals surface area contributed by atoms with E-state index in [4.69, 9.17) is 0 Å². The molecule has 0 spiro atoms. The summed E-state index contributed by atoms with van der Waals surface area (Å²) in [5.74, 6) is 0. The first-order chi connectivity index (χ1) is 8.29. The van der Waals surface area contributed by atoms with Crippen LogP contribution in [0.4, 0.5) is 0 Å². The molecule has 0 fully saturated rings. The molecule has 0 radical (unpaired) electrons. The van der Waals surface area contributed by atoms with E-state index in [2.05, 4.69) is 49.9 Å². The molecule has 1 aromatic heterocycles. The van der Waals surface area contributed by atoms with Gasteiger partial charge in [-0.15, -0.1) is 0 Å². The van der Waals surface area contributed by atoms with Crippen molar-refractivity contribution in [2.75, 3.05) is 0 Å². The molecule has 17 heavy (non-hydrogen) atoms. The molecule has 0 saturated carbocycles. The first-order valence-electron chi connectivity index (χ1n) is 7.11. The number of rotatable bonds is 0. The van der Waals surface area contributed by atoms with Crippen molar-refractivity contribution in [2.45, 2.75) is 60.8 Å². The Kier molecular flexibility index (Phi) is 14.2. The smallest absolute Gasteiger partial charge is 0.0433 e. The van der Waals surface area contributed by atoms with Crippen molar-refractivity contribution >= 4 is 12.2 Å². The van der Waals surface area contributed by atoms with Crippen LogP contribution in [-0.2, 0) is 7.05 Å². The van der Waals surface area contributed by atoms with Crippen LogP contribution in [0.15, 0.2) is 12.3 Å². The third-order valence-electron chi connectivity index (χ3n) is 2.02. The van der Waals surface area contributed by atoms with E-state index in [1.807, 2.05) is 27.7 Å². The summed E-state index contributed by atoms with van der Waals surface area (Å²) in [5.41, 5.74) is 0. The summed E-state index contributed by atoms with van der Waals surface area (Å²) in [7, 11) is 2.09. The molecule has 0 aliphatic heterocycles. The second-order valence-corrected chi connectivity index (χ2v) is 3.46. The molecule has 0 aromatic carbocycles. The van der Waals surface area contributed by atoms with Gasteiger partial charge in [0.2, 0.25) is 0 Å². The molecule has 1 nitrogen and oxygen atoms in total. The minimum absolute atomic E-state index is 1.20. The van der Waals surface area contributed by atoms with Crippen molar-refractivity contribution in [3.05, 3.63) is 22.8 Å². The van der Waals surface area contributed by atoms with Crippen LogP contribution in [0.25, 0.3) is 12.2 Å². The number of nitrogens with zero attached hydrogens (tertiary/aromatic N) is 1. The summed E-state index contributed by atoms with van der Waals surface area (Å²) in [4.78, 5) is 0. The summed E-state index contributed by atoms with van der Waals surface area (Å²) in [5, 5.41) is 2.78. The highest BCUT2D eigenvalue weighted by Gasteiger charge is 1.94. The van der Waals surface area contributed by atoms with Crippen LogP contribution in [0.1, 0.15) is 60.8 Å². The van der Waals surface area contributed by atoms with Gasteiger partial charge in [0.25, 0.3) is 0 Å². The van der Waals surface area contributed by atoms with Gasteiger partial charge in [0.05, 0.1) is 0 Å². The van der Waals surface area contributed by atoms with E-state index in [1.54, 1.807) is 0 Å². The van der Waals surface area contributed by atoms with E-state index in [1.165, 1.54) is 29.8 Å². The molecule has 1 heteroatoms. The van der Waals surface area contributed by atoms with E-state index in [0.29, 0.717) is 0 Å². The molecule has 1 heterocycles. The van der Waals surface area contributed by atoms with Crippen LogP contribution in [-0.4, -0.2) is 4.57 Å². The van der Waals surface area contributed by atoms with Crippen LogP contribution >= 0.6 is 0 Å². The second-order valence-electron chi connectivity index (χ2n) is 3.46. The molecular formula is C16H31N. The van der Waals surface area contributed by atoms with E-state index in [9.17, 15) is 0 Å². The molecule has 0 unspecified atom stereocenters. The second kappa shape index (κ2) is 13.1. The number of hydrogen-bond donors (Lipinski definition) is 0. The lowest BCUT2D eigenvalue weighted by Gasteiger charge is -1.96. The van der Waals surface area contributed by atoms with Crippen molar-refractivity contribution in [1.82, 2.24) is 4.57 Å². The van der Waals surface area contributed by atoms with Crippen LogP contribution in [0.3, 0.4) is 0 Å². The highest BCUT2D eigenvalue weighted by molar-refractivity contribution is 5.35. The van der Waals surface area contributed by atoms with Gasteiger partial charge >= 0.3 is 0 Å². The summed E-state index contributed by atoms with van der Waals surface area (Å²) in [6.07, 6.45) is 10.4. The Hall–Kier alpha value is -0.980. The Morgan fingerprint density at radius 3 is 1.94 bits per heavy atom. The van der Waals surface area contributed by atoms with Gasteiger partial charge in [0, 0.05) is 18.6 Å². The van der Waals surface area contributed by atoms with Crippen LogP contribution in [0.2, 0.25) is 0 Å². The normalized spacial score (nSPS) is 10.8. The van der Waals surface area contributed by atoms with Gasteiger partial charge in [0.1, 0.15) is 0 Å². The van der Waals surface area contributed by atoms with E-state index in [-0.39, 0.29) is 0 Å². The summed E-state index contributed by atoms with van der Waals surface area (Å²) in [6.45, 7) is 12.2.